The van der Waals surface area contributed by atoms with Crippen molar-refractivity contribution < 1.29 is 14.3 Å². The zero-order chi connectivity index (χ0) is 11.1. The molecule has 0 aromatic heterocycles. The predicted octanol–water partition coefficient (Wildman–Crippen LogP) is 1.58. The van der Waals surface area contributed by atoms with Crippen LogP contribution in [0.15, 0.2) is 47.7 Å². The average Bonchev–Trinajstić information content (AvgIpc) is 2.32. The van der Waals surface area contributed by atoms with Gasteiger partial charge < -0.3 is 4.74 Å². The van der Waals surface area contributed by atoms with Gasteiger partial charge in [-0.25, -0.2) is 0 Å². The zero-order valence-electron chi connectivity index (χ0n) is 8.40. The fraction of sp³-hybridized carbons (Fsp3) is 0.0769. The lowest BCUT2D eigenvalue weighted by molar-refractivity contribution is -0.131. The maximum absolute atomic E-state index is 11.6. The fourth-order valence-electron chi connectivity index (χ4n) is 1.91. The first-order chi connectivity index (χ1) is 7.75. The van der Waals surface area contributed by atoms with Crippen molar-refractivity contribution in [3.63, 3.8) is 0 Å². The molecule has 0 fully saturated rings. The Kier molecular flexibility index (Phi) is 1.80. The summed E-state index contributed by atoms with van der Waals surface area (Å²) < 4.78 is 5.57. The number of rotatable bonds is 0. The van der Waals surface area contributed by atoms with Crippen molar-refractivity contribution in [2.75, 3.05) is 0 Å². The van der Waals surface area contributed by atoms with Gasteiger partial charge in [0.05, 0.1) is 5.57 Å². The van der Waals surface area contributed by atoms with Crippen molar-refractivity contribution in [1.29, 1.82) is 0 Å². The molecule has 1 aliphatic heterocycles. The van der Waals surface area contributed by atoms with Crippen molar-refractivity contribution in [2.24, 2.45) is 0 Å². The quantitative estimate of drug-likeness (QED) is 0.484. The lowest BCUT2D eigenvalue weighted by atomic mass is 9.92. The summed E-state index contributed by atoms with van der Waals surface area (Å²) in [4.78, 5) is 22.9. The van der Waals surface area contributed by atoms with Gasteiger partial charge in [-0.1, -0.05) is 18.2 Å². The molecule has 1 aromatic carbocycles. The predicted molar refractivity (Wildman–Crippen MR) is 57.0 cm³/mol. The van der Waals surface area contributed by atoms with Gasteiger partial charge in [-0.15, -0.1) is 0 Å². The van der Waals surface area contributed by atoms with Gasteiger partial charge in [0.1, 0.15) is 11.5 Å². The van der Waals surface area contributed by atoms with Crippen LogP contribution >= 0.6 is 0 Å². The molecule has 0 radical (unpaired) electrons. The maximum atomic E-state index is 11.6. The molecule has 0 spiro atoms. The van der Waals surface area contributed by atoms with E-state index in [9.17, 15) is 9.59 Å². The molecule has 0 atom stereocenters. The molecule has 2 aliphatic rings. The number of carbonyl (C=O) groups excluding carboxylic acids is 2. The van der Waals surface area contributed by atoms with Gasteiger partial charge in [0.2, 0.25) is 11.6 Å². The second-order valence-electron chi connectivity index (χ2n) is 3.76. The van der Waals surface area contributed by atoms with Crippen LogP contribution in [-0.4, -0.2) is 11.6 Å². The molecule has 0 bridgehead atoms. The summed E-state index contributed by atoms with van der Waals surface area (Å²) in [5.41, 5.74) is 1.41. The molecule has 1 aliphatic carbocycles. The van der Waals surface area contributed by atoms with Crippen molar-refractivity contribution in [3.8, 4) is 5.75 Å². The summed E-state index contributed by atoms with van der Waals surface area (Å²) in [5.74, 6) is 0.338. The van der Waals surface area contributed by atoms with E-state index in [1.807, 2.05) is 24.3 Å². The van der Waals surface area contributed by atoms with Crippen molar-refractivity contribution in [1.82, 2.24) is 0 Å². The van der Waals surface area contributed by atoms with Crippen LogP contribution in [0.1, 0.15) is 5.56 Å². The maximum Gasteiger partial charge on any atom is 0.232 e. The summed E-state index contributed by atoms with van der Waals surface area (Å²) in [7, 11) is 0. The minimum atomic E-state index is -0.471. The lowest BCUT2D eigenvalue weighted by Gasteiger charge is -2.22. The number of hydrogen-bond acceptors (Lipinski definition) is 3. The summed E-state index contributed by atoms with van der Waals surface area (Å²) in [6, 6.07) is 7.52. The second-order valence-corrected chi connectivity index (χ2v) is 3.76. The average molecular weight is 212 g/mol. The minimum absolute atomic E-state index is 0.452. The van der Waals surface area contributed by atoms with Crippen molar-refractivity contribution >= 4 is 11.6 Å². The summed E-state index contributed by atoms with van der Waals surface area (Å²) in [6.45, 7) is 0. The highest BCUT2D eigenvalue weighted by molar-refractivity contribution is 6.48. The van der Waals surface area contributed by atoms with Crippen LogP contribution in [0, 0.1) is 0 Å². The van der Waals surface area contributed by atoms with Crippen LogP contribution in [0.4, 0.5) is 0 Å². The van der Waals surface area contributed by atoms with E-state index in [1.54, 1.807) is 6.08 Å². The summed E-state index contributed by atoms with van der Waals surface area (Å²) >= 11 is 0. The Balaban J connectivity index is 2.09. The largest absolute Gasteiger partial charge is 0.457 e. The van der Waals surface area contributed by atoms with E-state index in [2.05, 4.69) is 0 Å². The number of benzene rings is 1. The molecule has 0 saturated carbocycles. The molecule has 78 valence electrons. The van der Waals surface area contributed by atoms with Gasteiger partial charge in [0, 0.05) is 6.42 Å². The normalized spacial score (nSPS) is 18.0. The standard InChI is InChI=1S/C13H8O3/c14-10-5-6-12-9(13(10)15)7-8-3-1-2-4-11(8)16-12/h1-6H,7H2. The van der Waals surface area contributed by atoms with Gasteiger partial charge in [0.25, 0.3) is 0 Å². The van der Waals surface area contributed by atoms with Gasteiger partial charge in [0.15, 0.2) is 0 Å². The third-order valence-electron chi connectivity index (χ3n) is 2.74. The fourth-order valence-corrected chi connectivity index (χ4v) is 1.91. The van der Waals surface area contributed by atoms with Crippen LogP contribution < -0.4 is 4.74 Å². The van der Waals surface area contributed by atoms with E-state index in [1.165, 1.54) is 6.08 Å². The highest BCUT2D eigenvalue weighted by Crippen LogP contribution is 2.32. The lowest BCUT2D eigenvalue weighted by Crippen LogP contribution is -2.24. The molecule has 0 amide bonds. The topological polar surface area (TPSA) is 43.4 Å². The van der Waals surface area contributed by atoms with Crippen LogP contribution in [0.3, 0.4) is 0 Å². The SMILES string of the molecule is O=C1C=CC2=C(Cc3ccccc3O2)C1=O. The third-order valence-corrected chi connectivity index (χ3v) is 2.74. The minimum Gasteiger partial charge on any atom is -0.457 e. The number of ketones is 2. The smallest absolute Gasteiger partial charge is 0.232 e. The number of hydrogen-bond donors (Lipinski definition) is 0. The van der Waals surface area contributed by atoms with Gasteiger partial charge in [-0.05, 0) is 23.8 Å². The molecule has 3 rings (SSSR count). The van der Waals surface area contributed by atoms with Gasteiger partial charge in [-0.2, -0.15) is 0 Å². The van der Waals surface area contributed by atoms with Gasteiger partial charge in [-0.3, -0.25) is 9.59 Å². The monoisotopic (exact) mass is 212 g/mol. The van der Waals surface area contributed by atoms with Crippen LogP contribution in [0.25, 0.3) is 0 Å². The summed E-state index contributed by atoms with van der Waals surface area (Å²) in [6.07, 6.45) is 3.30. The number of Topliss-reactive ketones (excluding diaryl/α,β-unsaturated/α-hetero) is 1. The summed E-state index contributed by atoms with van der Waals surface area (Å²) in [5, 5.41) is 0. The second kappa shape index (κ2) is 3.17. The van der Waals surface area contributed by atoms with Crippen LogP contribution in [0.5, 0.6) is 5.75 Å². The number of ether oxygens (including phenoxy) is 1. The first-order valence-corrected chi connectivity index (χ1v) is 5.01. The molecule has 1 aromatic rings. The molecular weight excluding hydrogens is 204 g/mol. The third kappa shape index (κ3) is 1.21. The van der Waals surface area contributed by atoms with Crippen LogP contribution in [-0.2, 0) is 16.0 Å². The van der Waals surface area contributed by atoms with E-state index in [4.69, 9.17) is 4.74 Å². The molecule has 3 heteroatoms. The zero-order valence-corrected chi connectivity index (χ0v) is 8.40. The van der Waals surface area contributed by atoms with Gasteiger partial charge >= 0.3 is 0 Å². The van der Waals surface area contributed by atoms with Crippen LogP contribution in [0.2, 0.25) is 0 Å². The highest BCUT2D eigenvalue weighted by Gasteiger charge is 2.29. The number of fused-ring (bicyclic) bond motifs is 1. The van der Waals surface area contributed by atoms with E-state index in [0.717, 1.165) is 11.3 Å². The number of allylic oxidation sites excluding steroid dienone is 3. The molecule has 1 heterocycles. The first-order valence-electron chi connectivity index (χ1n) is 5.01. The number of para-hydroxylation sites is 1. The van der Waals surface area contributed by atoms with Crippen molar-refractivity contribution in [2.45, 2.75) is 6.42 Å². The molecule has 0 N–H and O–H groups in total. The Morgan fingerprint density at radius 1 is 1.06 bits per heavy atom. The Morgan fingerprint density at radius 3 is 2.75 bits per heavy atom. The van der Waals surface area contributed by atoms with E-state index >= 15 is 0 Å². The molecule has 3 nitrogen and oxygen atoms in total. The molecule has 16 heavy (non-hydrogen) atoms. The Labute approximate surface area is 92.0 Å². The molecular formula is C13H8O3. The Bertz CT molecular complexity index is 564. The Morgan fingerprint density at radius 2 is 1.88 bits per heavy atom. The first kappa shape index (κ1) is 9.09. The number of carbonyl (C=O) groups is 2. The van der Waals surface area contributed by atoms with E-state index in [0.29, 0.717) is 17.8 Å². The van der Waals surface area contributed by atoms with Crippen molar-refractivity contribution in [3.05, 3.63) is 53.3 Å². The molecule has 0 saturated heterocycles. The van der Waals surface area contributed by atoms with E-state index in [-0.39, 0.29) is 0 Å². The Hall–Kier alpha value is -2.16. The molecule has 0 unspecified atom stereocenters. The van der Waals surface area contributed by atoms with E-state index < -0.39 is 11.6 Å². The highest BCUT2D eigenvalue weighted by atomic mass is 16.5.